The van der Waals surface area contributed by atoms with Gasteiger partial charge in [-0.05, 0) is 53.7 Å². The number of halogens is 2. The van der Waals surface area contributed by atoms with E-state index >= 15 is 0 Å². The minimum Gasteiger partial charge on any atom is -0.492 e. The maximum atomic E-state index is 13.3. The van der Waals surface area contributed by atoms with Crippen molar-refractivity contribution in [3.63, 3.8) is 0 Å². The Morgan fingerprint density at radius 3 is 2.63 bits per heavy atom. The van der Waals surface area contributed by atoms with Gasteiger partial charge in [-0.3, -0.25) is 0 Å². The van der Waals surface area contributed by atoms with Crippen LogP contribution in [0.2, 0.25) is 0 Å². The summed E-state index contributed by atoms with van der Waals surface area (Å²) in [5.74, 6) is 1.01. The van der Waals surface area contributed by atoms with E-state index in [2.05, 4.69) is 42.0 Å². The topological polar surface area (TPSA) is 21.3 Å². The highest BCUT2D eigenvalue weighted by atomic mass is 79.9. The number of hydrogen-bond acceptors (Lipinski definition) is 2. The van der Waals surface area contributed by atoms with Gasteiger partial charge in [0.25, 0.3) is 0 Å². The quantitative estimate of drug-likeness (QED) is 0.713. The predicted molar refractivity (Wildman–Crippen MR) is 81.1 cm³/mol. The molecule has 1 rings (SSSR count). The molecule has 0 radical (unpaired) electrons. The van der Waals surface area contributed by atoms with Crippen LogP contribution in [0.3, 0.4) is 0 Å². The van der Waals surface area contributed by atoms with E-state index in [-0.39, 0.29) is 5.82 Å². The molecule has 0 spiro atoms. The normalized spacial score (nSPS) is 12.7. The van der Waals surface area contributed by atoms with Gasteiger partial charge < -0.3 is 10.1 Å². The second-order valence-electron chi connectivity index (χ2n) is 5.25. The molecule has 0 fully saturated rings. The minimum absolute atomic E-state index is 0.296. The molecule has 0 amide bonds. The smallest absolute Gasteiger partial charge is 0.141 e. The average molecular weight is 332 g/mol. The van der Waals surface area contributed by atoms with E-state index < -0.39 is 0 Å². The van der Waals surface area contributed by atoms with E-state index in [1.807, 2.05) is 0 Å². The molecule has 0 aromatic heterocycles. The van der Waals surface area contributed by atoms with Crippen molar-refractivity contribution in [2.45, 2.75) is 39.7 Å². The monoisotopic (exact) mass is 331 g/mol. The van der Waals surface area contributed by atoms with Crippen LogP contribution in [-0.2, 0) is 0 Å². The van der Waals surface area contributed by atoms with Gasteiger partial charge >= 0.3 is 0 Å². The molecule has 0 aliphatic carbocycles. The van der Waals surface area contributed by atoms with Gasteiger partial charge in [-0.15, -0.1) is 0 Å². The van der Waals surface area contributed by atoms with E-state index in [1.165, 1.54) is 18.9 Å². The Hall–Kier alpha value is -0.610. The zero-order chi connectivity index (χ0) is 14.3. The first-order valence-electron chi connectivity index (χ1n) is 6.80. The summed E-state index contributed by atoms with van der Waals surface area (Å²) in [6.07, 6.45) is 2.40. The molecule has 1 N–H and O–H groups in total. The highest BCUT2D eigenvalue weighted by Gasteiger charge is 2.04. The molecule has 1 unspecified atom stereocenters. The molecule has 1 aromatic carbocycles. The van der Waals surface area contributed by atoms with Gasteiger partial charge in [-0.25, -0.2) is 4.39 Å². The van der Waals surface area contributed by atoms with Crippen LogP contribution in [0.1, 0.15) is 33.6 Å². The molecular formula is C15H23BrFNO. The van der Waals surface area contributed by atoms with Crippen LogP contribution in [0.25, 0.3) is 0 Å². The lowest BCUT2D eigenvalue weighted by molar-refractivity contribution is 0.301. The molecule has 0 aliphatic heterocycles. The van der Waals surface area contributed by atoms with Crippen molar-refractivity contribution in [3.05, 3.63) is 28.5 Å². The predicted octanol–water partition coefficient (Wildman–Crippen LogP) is 4.38. The zero-order valence-corrected chi connectivity index (χ0v) is 13.5. The number of ether oxygens (including phenoxy) is 1. The summed E-state index contributed by atoms with van der Waals surface area (Å²) in [7, 11) is 0. The molecule has 0 saturated carbocycles. The maximum Gasteiger partial charge on any atom is 0.141 e. The third-order valence-electron chi connectivity index (χ3n) is 2.93. The highest BCUT2D eigenvalue weighted by molar-refractivity contribution is 9.10. The van der Waals surface area contributed by atoms with Crippen molar-refractivity contribution >= 4 is 15.9 Å². The van der Waals surface area contributed by atoms with Crippen LogP contribution in [0.4, 0.5) is 4.39 Å². The van der Waals surface area contributed by atoms with Crippen LogP contribution in [-0.4, -0.2) is 19.2 Å². The van der Waals surface area contributed by atoms with E-state index in [4.69, 9.17) is 4.74 Å². The van der Waals surface area contributed by atoms with Gasteiger partial charge in [0.2, 0.25) is 0 Å². The molecule has 0 saturated heterocycles. The molecule has 0 bridgehead atoms. The van der Waals surface area contributed by atoms with Crippen molar-refractivity contribution < 1.29 is 9.13 Å². The van der Waals surface area contributed by atoms with Crippen molar-refractivity contribution in [2.75, 3.05) is 13.2 Å². The summed E-state index contributed by atoms with van der Waals surface area (Å²) < 4.78 is 19.2. The summed E-state index contributed by atoms with van der Waals surface area (Å²) >= 11 is 3.12. The first-order chi connectivity index (χ1) is 8.99. The van der Waals surface area contributed by atoms with Crippen molar-refractivity contribution in [3.8, 4) is 5.75 Å². The van der Waals surface area contributed by atoms with Gasteiger partial charge in [0.15, 0.2) is 0 Å². The SMILES string of the molecule is CC(C)CCC(C)NCCOc1ccc(Br)c(F)c1. The Balaban J connectivity index is 2.18. The lowest BCUT2D eigenvalue weighted by Gasteiger charge is -2.15. The van der Waals surface area contributed by atoms with Gasteiger partial charge in [0.05, 0.1) is 4.47 Å². The fourth-order valence-electron chi connectivity index (χ4n) is 1.73. The first-order valence-corrected chi connectivity index (χ1v) is 7.59. The lowest BCUT2D eigenvalue weighted by Crippen LogP contribution is -2.30. The average Bonchev–Trinajstić information content (AvgIpc) is 2.36. The molecule has 0 heterocycles. The summed E-state index contributed by atoms with van der Waals surface area (Å²) in [5, 5.41) is 3.41. The standard InChI is InChI=1S/C15H23BrFNO/c1-11(2)4-5-12(3)18-8-9-19-13-6-7-14(16)15(17)10-13/h6-7,10-12,18H,4-5,8-9H2,1-3H3. The fraction of sp³-hybridized carbons (Fsp3) is 0.600. The lowest BCUT2D eigenvalue weighted by atomic mass is 10.0. The largest absolute Gasteiger partial charge is 0.492 e. The second kappa shape index (κ2) is 8.54. The summed E-state index contributed by atoms with van der Waals surface area (Å²) in [6.45, 7) is 7.97. The Kier molecular flexibility index (Phi) is 7.39. The van der Waals surface area contributed by atoms with Gasteiger partial charge in [0, 0.05) is 18.7 Å². The third-order valence-corrected chi connectivity index (χ3v) is 3.57. The summed E-state index contributed by atoms with van der Waals surface area (Å²) in [5.41, 5.74) is 0. The van der Waals surface area contributed by atoms with Crippen molar-refractivity contribution in [2.24, 2.45) is 5.92 Å². The van der Waals surface area contributed by atoms with Crippen LogP contribution in [0, 0.1) is 11.7 Å². The van der Waals surface area contributed by atoms with Crippen LogP contribution in [0.15, 0.2) is 22.7 Å². The number of nitrogens with one attached hydrogen (secondary N) is 1. The van der Waals surface area contributed by atoms with Crippen LogP contribution >= 0.6 is 15.9 Å². The van der Waals surface area contributed by atoms with Gasteiger partial charge in [-0.1, -0.05) is 13.8 Å². The van der Waals surface area contributed by atoms with Crippen molar-refractivity contribution in [1.82, 2.24) is 5.32 Å². The molecule has 19 heavy (non-hydrogen) atoms. The number of rotatable bonds is 8. The van der Waals surface area contributed by atoms with Crippen LogP contribution < -0.4 is 10.1 Å². The number of benzene rings is 1. The Bertz CT molecular complexity index is 384. The van der Waals surface area contributed by atoms with E-state index in [9.17, 15) is 4.39 Å². The molecular weight excluding hydrogens is 309 g/mol. The number of hydrogen-bond donors (Lipinski definition) is 1. The Morgan fingerprint density at radius 1 is 1.26 bits per heavy atom. The van der Waals surface area contributed by atoms with Gasteiger partial charge in [-0.2, -0.15) is 0 Å². The van der Waals surface area contributed by atoms with Gasteiger partial charge in [0.1, 0.15) is 18.2 Å². The molecule has 1 aromatic rings. The molecule has 0 aliphatic rings. The van der Waals surface area contributed by atoms with Crippen molar-refractivity contribution in [1.29, 1.82) is 0 Å². The van der Waals surface area contributed by atoms with Crippen LogP contribution in [0.5, 0.6) is 5.75 Å². The van der Waals surface area contributed by atoms with E-state index in [0.717, 1.165) is 12.5 Å². The molecule has 108 valence electrons. The second-order valence-corrected chi connectivity index (χ2v) is 6.11. The highest BCUT2D eigenvalue weighted by Crippen LogP contribution is 2.20. The maximum absolute atomic E-state index is 13.3. The molecule has 4 heteroatoms. The zero-order valence-electron chi connectivity index (χ0n) is 11.9. The third kappa shape index (κ3) is 6.92. The Morgan fingerprint density at radius 2 is 2.00 bits per heavy atom. The molecule has 1 atom stereocenters. The molecule has 2 nitrogen and oxygen atoms in total. The minimum atomic E-state index is -0.296. The Labute approximate surface area is 123 Å². The summed E-state index contributed by atoms with van der Waals surface area (Å²) in [6, 6.07) is 5.30. The fourth-order valence-corrected chi connectivity index (χ4v) is 1.97. The van der Waals surface area contributed by atoms with E-state index in [0.29, 0.717) is 22.9 Å². The van der Waals surface area contributed by atoms with E-state index in [1.54, 1.807) is 12.1 Å². The summed E-state index contributed by atoms with van der Waals surface area (Å²) in [4.78, 5) is 0. The first kappa shape index (κ1) is 16.4.